The number of aliphatic hydroxyl groups excluding tert-OH is 1. The Morgan fingerprint density at radius 2 is 0.656 bits per heavy atom. The molecule has 0 saturated heterocycles. The molecule has 0 spiro atoms. The zero-order valence-corrected chi connectivity index (χ0v) is 23.1. The summed E-state index contributed by atoms with van der Waals surface area (Å²) in [5, 5.41) is 10.3. The second kappa shape index (κ2) is 24.1. The molecule has 0 aromatic rings. The van der Waals surface area contributed by atoms with Gasteiger partial charge in [-0.1, -0.05) is 136 Å². The van der Waals surface area contributed by atoms with Crippen molar-refractivity contribution < 1.29 is 9.59 Å². The third-order valence-corrected chi connectivity index (χ3v) is 7.70. The largest absolute Gasteiger partial charge is 0.345 e. The minimum Gasteiger partial charge on any atom is -0.345 e. The lowest BCUT2D eigenvalue weighted by atomic mass is 10.0. The summed E-state index contributed by atoms with van der Waals surface area (Å²) in [6.07, 6.45) is 32.0. The van der Waals surface area contributed by atoms with Gasteiger partial charge in [0.1, 0.15) is 0 Å². The molecule has 2 atom stereocenters. The highest BCUT2D eigenvalue weighted by molar-refractivity contribution is 4.52. The van der Waals surface area contributed by atoms with Crippen LogP contribution in [0.4, 0.5) is 0 Å². The lowest BCUT2D eigenvalue weighted by Crippen LogP contribution is -2.52. The van der Waals surface area contributed by atoms with E-state index in [0.717, 1.165) is 17.6 Å². The van der Waals surface area contributed by atoms with Gasteiger partial charge >= 0.3 is 0 Å². The number of nitrogens with zero attached hydrogens (tertiary/aromatic N) is 1. The van der Waals surface area contributed by atoms with Crippen LogP contribution >= 0.6 is 0 Å². The molecule has 0 amide bonds. The predicted octanol–water partition coefficient (Wildman–Crippen LogP) is 9.78. The van der Waals surface area contributed by atoms with Gasteiger partial charge in [-0.25, -0.2) is 0 Å². The van der Waals surface area contributed by atoms with E-state index in [9.17, 15) is 5.11 Å². The fraction of sp³-hybridized carbons (Fsp3) is 1.00. The van der Waals surface area contributed by atoms with E-state index >= 15 is 0 Å². The molecule has 194 valence electrons. The molecule has 0 radical (unpaired) electrons. The van der Waals surface area contributed by atoms with Gasteiger partial charge in [-0.05, 0) is 25.7 Å². The first kappa shape index (κ1) is 31.9. The van der Waals surface area contributed by atoms with Crippen molar-refractivity contribution in [2.24, 2.45) is 0 Å². The number of hydrogen-bond donors (Lipinski definition) is 1. The van der Waals surface area contributed by atoms with Gasteiger partial charge in [0.05, 0.1) is 20.1 Å². The topological polar surface area (TPSA) is 20.2 Å². The lowest BCUT2D eigenvalue weighted by Gasteiger charge is -2.37. The Hall–Kier alpha value is -0.0800. The van der Waals surface area contributed by atoms with Crippen molar-refractivity contribution in [1.29, 1.82) is 0 Å². The molecule has 32 heavy (non-hydrogen) atoms. The average Bonchev–Trinajstić information content (AvgIpc) is 2.78. The molecule has 0 aromatic carbocycles. The van der Waals surface area contributed by atoms with Crippen LogP contribution < -0.4 is 0 Å². The van der Waals surface area contributed by atoms with Crippen LogP contribution in [0.15, 0.2) is 0 Å². The predicted molar refractivity (Wildman–Crippen MR) is 145 cm³/mol. The molecule has 0 aliphatic carbocycles. The van der Waals surface area contributed by atoms with E-state index in [4.69, 9.17) is 0 Å². The van der Waals surface area contributed by atoms with E-state index in [1.807, 2.05) is 6.92 Å². The standard InChI is InChI=1S/C30H64NO/c1-5-7-9-11-13-14-15-16-17-18-19-20-21-23-25-27-29-31(4,30(3)32)28-26-24-22-12-10-8-6-2/h30,32H,5-29H2,1-4H3/q+1. The first-order chi connectivity index (χ1) is 15.6. The van der Waals surface area contributed by atoms with E-state index in [0.29, 0.717) is 0 Å². The van der Waals surface area contributed by atoms with Crippen LogP contribution in [0.25, 0.3) is 0 Å². The van der Waals surface area contributed by atoms with E-state index in [2.05, 4.69) is 20.9 Å². The second-order valence-corrected chi connectivity index (χ2v) is 11.0. The van der Waals surface area contributed by atoms with Crippen molar-refractivity contribution in [2.75, 3.05) is 20.1 Å². The molecule has 0 aliphatic rings. The van der Waals surface area contributed by atoms with Crippen LogP contribution in [0.1, 0.15) is 168 Å². The third kappa shape index (κ3) is 20.5. The van der Waals surface area contributed by atoms with Crippen molar-refractivity contribution >= 4 is 0 Å². The van der Waals surface area contributed by atoms with Gasteiger partial charge in [0.2, 0.25) is 0 Å². The minimum absolute atomic E-state index is 0.230. The molecule has 2 heteroatoms. The monoisotopic (exact) mass is 454 g/mol. The first-order valence-electron chi connectivity index (χ1n) is 15.1. The first-order valence-corrected chi connectivity index (χ1v) is 15.1. The van der Waals surface area contributed by atoms with E-state index < -0.39 is 0 Å². The molecule has 0 aliphatic heterocycles. The zero-order valence-electron chi connectivity index (χ0n) is 23.1. The summed E-state index contributed by atoms with van der Waals surface area (Å²) >= 11 is 0. The Morgan fingerprint density at radius 3 is 0.875 bits per heavy atom. The van der Waals surface area contributed by atoms with Crippen molar-refractivity contribution in [1.82, 2.24) is 0 Å². The second-order valence-electron chi connectivity index (χ2n) is 11.0. The summed E-state index contributed by atoms with van der Waals surface area (Å²) in [6, 6.07) is 0. The van der Waals surface area contributed by atoms with E-state index in [-0.39, 0.29) is 6.23 Å². The number of quaternary nitrogens is 1. The third-order valence-electron chi connectivity index (χ3n) is 7.70. The normalized spacial score (nSPS) is 14.5. The van der Waals surface area contributed by atoms with Crippen LogP contribution in [0.3, 0.4) is 0 Å². The van der Waals surface area contributed by atoms with Crippen LogP contribution in [0, 0.1) is 0 Å². The van der Waals surface area contributed by atoms with Gasteiger partial charge in [-0.3, -0.25) is 0 Å². The fourth-order valence-corrected chi connectivity index (χ4v) is 4.94. The molecule has 0 heterocycles. The number of hydrogen-bond acceptors (Lipinski definition) is 1. The van der Waals surface area contributed by atoms with Gasteiger partial charge in [0.15, 0.2) is 6.23 Å². The van der Waals surface area contributed by atoms with Gasteiger partial charge < -0.3 is 9.59 Å². The van der Waals surface area contributed by atoms with Crippen LogP contribution in [0.5, 0.6) is 0 Å². The van der Waals surface area contributed by atoms with E-state index in [1.165, 1.54) is 148 Å². The Kier molecular flexibility index (Phi) is 24.0. The molecule has 0 saturated carbocycles. The average molecular weight is 455 g/mol. The molecule has 1 N–H and O–H groups in total. The van der Waals surface area contributed by atoms with Crippen molar-refractivity contribution in [2.45, 2.75) is 175 Å². The number of aliphatic hydroxyl groups is 1. The summed E-state index contributed by atoms with van der Waals surface area (Å²) in [4.78, 5) is 0. The molecule has 2 unspecified atom stereocenters. The Balaban J connectivity index is 3.51. The zero-order chi connectivity index (χ0) is 23.8. The highest BCUT2D eigenvalue weighted by Gasteiger charge is 2.26. The summed E-state index contributed by atoms with van der Waals surface area (Å²) in [5.41, 5.74) is 0. The summed E-state index contributed by atoms with van der Waals surface area (Å²) in [5.74, 6) is 0. The number of unbranched alkanes of at least 4 members (excludes halogenated alkanes) is 21. The molecule has 0 fully saturated rings. The maximum Gasteiger partial charge on any atom is 0.187 e. The maximum absolute atomic E-state index is 10.3. The highest BCUT2D eigenvalue weighted by Crippen LogP contribution is 2.17. The van der Waals surface area contributed by atoms with Gasteiger partial charge in [-0.2, -0.15) is 0 Å². The summed E-state index contributed by atoms with van der Waals surface area (Å²) in [6.45, 7) is 8.86. The molecule has 0 aromatic heterocycles. The summed E-state index contributed by atoms with van der Waals surface area (Å²) in [7, 11) is 2.27. The van der Waals surface area contributed by atoms with Gasteiger partial charge in [-0.15, -0.1) is 0 Å². The quantitative estimate of drug-likeness (QED) is 0.0783. The SMILES string of the molecule is CCCCCCCCCCCCCCCCCC[N+](C)(CCCCCCCCC)C(C)O. The van der Waals surface area contributed by atoms with Crippen molar-refractivity contribution in [3.05, 3.63) is 0 Å². The Labute approximate surface area is 204 Å². The fourth-order valence-electron chi connectivity index (χ4n) is 4.94. The lowest BCUT2D eigenvalue weighted by molar-refractivity contribution is -0.952. The Morgan fingerprint density at radius 1 is 0.438 bits per heavy atom. The smallest absolute Gasteiger partial charge is 0.187 e. The molecule has 2 nitrogen and oxygen atoms in total. The maximum atomic E-state index is 10.3. The van der Waals surface area contributed by atoms with Gasteiger partial charge in [0.25, 0.3) is 0 Å². The molecular formula is C30H64NO+. The number of rotatable bonds is 26. The Bertz CT molecular complexity index is 357. The van der Waals surface area contributed by atoms with Crippen LogP contribution in [-0.2, 0) is 0 Å². The van der Waals surface area contributed by atoms with Crippen LogP contribution in [-0.4, -0.2) is 36.0 Å². The van der Waals surface area contributed by atoms with Crippen molar-refractivity contribution in [3.63, 3.8) is 0 Å². The van der Waals surface area contributed by atoms with Crippen LogP contribution in [0.2, 0.25) is 0 Å². The van der Waals surface area contributed by atoms with Gasteiger partial charge in [0, 0.05) is 6.92 Å². The van der Waals surface area contributed by atoms with E-state index in [1.54, 1.807) is 0 Å². The highest BCUT2D eigenvalue weighted by atomic mass is 16.3. The molecule has 0 bridgehead atoms. The summed E-state index contributed by atoms with van der Waals surface area (Å²) < 4.78 is 0.855. The molecule has 0 rings (SSSR count). The van der Waals surface area contributed by atoms with Crippen molar-refractivity contribution in [3.8, 4) is 0 Å². The molecular weight excluding hydrogens is 390 g/mol. The minimum atomic E-state index is -0.230.